The molecular formula is C14H25N3O2S. The van der Waals surface area contributed by atoms with E-state index in [4.69, 9.17) is 5.73 Å². The first-order valence-corrected chi connectivity index (χ1v) is 8.38. The number of hydrogen-bond acceptors (Lipinski definition) is 3. The first kappa shape index (κ1) is 17.1. The SMILES string of the molecule is CC(C)CNS(=O)(=O)N(CCCN)Cc1ccccc1. The second-order valence-corrected chi connectivity index (χ2v) is 6.96. The summed E-state index contributed by atoms with van der Waals surface area (Å²) in [7, 11) is -3.46. The van der Waals surface area contributed by atoms with Gasteiger partial charge in [-0.1, -0.05) is 44.2 Å². The van der Waals surface area contributed by atoms with Gasteiger partial charge in [-0.05, 0) is 24.4 Å². The summed E-state index contributed by atoms with van der Waals surface area (Å²) in [5.74, 6) is 0.276. The van der Waals surface area contributed by atoms with Crippen molar-refractivity contribution in [2.24, 2.45) is 11.7 Å². The molecule has 0 aliphatic carbocycles. The maximum absolute atomic E-state index is 12.3. The molecule has 0 fully saturated rings. The van der Waals surface area contributed by atoms with Crippen molar-refractivity contribution in [2.75, 3.05) is 19.6 Å². The third kappa shape index (κ3) is 6.00. The van der Waals surface area contributed by atoms with E-state index in [1.807, 2.05) is 44.2 Å². The number of nitrogens with one attached hydrogen (secondary N) is 1. The van der Waals surface area contributed by atoms with Crippen LogP contribution in [0.25, 0.3) is 0 Å². The molecule has 0 saturated carbocycles. The van der Waals surface area contributed by atoms with Crippen LogP contribution in [0.1, 0.15) is 25.8 Å². The van der Waals surface area contributed by atoms with Crippen LogP contribution in [0.15, 0.2) is 30.3 Å². The van der Waals surface area contributed by atoms with Crippen LogP contribution >= 0.6 is 0 Å². The first-order chi connectivity index (χ1) is 9.45. The Morgan fingerprint density at radius 3 is 2.45 bits per heavy atom. The molecule has 5 nitrogen and oxygen atoms in total. The molecule has 0 atom stereocenters. The van der Waals surface area contributed by atoms with E-state index < -0.39 is 10.2 Å². The number of benzene rings is 1. The smallest absolute Gasteiger partial charge is 0.279 e. The molecule has 0 amide bonds. The van der Waals surface area contributed by atoms with Crippen molar-refractivity contribution in [3.63, 3.8) is 0 Å². The monoisotopic (exact) mass is 299 g/mol. The summed E-state index contributed by atoms with van der Waals surface area (Å²) in [6.45, 7) is 5.67. The standard InChI is InChI=1S/C14H25N3O2S/c1-13(2)11-16-20(18,19)17(10-6-9-15)12-14-7-4-3-5-8-14/h3-5,7-8,13,16H,6,9-12,15H2,1-2H3. The average molecular weight is 299 g/mol. The predicted molar refractivity (Wildman–Crippen MR) is 82.3 cm³/mol. The summed E-state index contributed by atoms with van der Waals surface area (Å²) in [5, 5.41) is 0. The molecule has 1 rings (SSSR count). The Morgan fingerprint density at radius 2 is 1.90 bits per heavy atom. The van der Waals surface area contributed by atoms with Crippen LogP contribution in [0.2, 0.25) is 0 Å². The van der Waals surface area contributed by atoms with Gasteiger partial charge in [-0.3, -0.25) is 0 Å². The Hall–Kier alpha value is -0.950. The van der Waals surface area contributed by atoms with Gasteiger partial charge in [0.2, 0.25) is 0 Å². The van der Waals surface area contributed by atoms with E-state index in [9.17, 15) is 8.42 Å². The molecule has 0 bridgehead atoms. The van der Waals surface area contributed by atoms with E-state index >= 15 is 0 Å². The fraction of sp³-hybridized carbons (Fsp3) is 0.571. The molecule has 0 spiro atoms. The maximum Gasteiger partial charge on any atom is 0.279 e. The van der Waals surface area contributed by atoms with Crippen molar-refractivity contribution in [3.05, 3.63) is 35.9 Å². The van der Waals surface area contributed by atoms with Gasteiger partial charge in [0.1, 0.15) is 0 Å². The summed E-state index contributed by atoms with van der Waals surface area (Å²) < 4.78 is 28.7. The molecule has 6 heteroatoms. The highest BCUT2D eigenvalue weighted by molar-refractivity contribution is 7.87. The quantitative estimate of drug-likeness (QED) is 0.722. The van der Waals surface area contributed by atoms with Crippen molar-refractivity contribution >= 4 is 10.2 Å². The van der Waals surface area contributed by atoms with Gasteiger partial charge >= 0.3 is 0 Å². The summed E-state index contributed by atoms with van der Waals surface area (Å²) in [6, 6.07) is 9.58. The zero-order chi connectivity index (χ0) is 15.0. The van der Waals surface area contributed by atoms with Crippen LogP contribution in [0.3, 0.4) is 0 Å². The van der Waals surface area contributed by atoms with Crippen molar-refractivity contribution in [2.45, 2.75) is 26.8 Å². The van der Waals surface area contributed by atoms with Crippen molar-refractivity contribution in [3.8, 4) is 0 Å². The lowest BCUT2D eigenvalue weighted by Crippen LogP contribution is -2.42. The second kappa shape index (κ2) is 8.36. The molecular weight excluding hydrogens is 274 g/mol. The molecule has 20 heavy (non-hydrogen) atoms. The number of hydrogen-bond donors (Lipinski definition) is 2. The van der Waals surface area contributed by atoms with Gasteiger partial charge in [-0.25, -0.2) is 4.72 Å². The van der Waals surface area contributed by atoms with Gasteiger partial charge in [-0.15, -0.1) is 0 Å². The highest BCUT2D eigenvalue weighted by Gasteiger charge is 2.21. The largest absolute Gasteiger partial charge is 0.330 e. The van der Waals surface area contributed by atoms with Gasteiger partial charge in [-0.2, -0.15) is 12.7 Å². The Kier molecular flexibility index (Phi) is 7.15. The molecule has 0 aromatic heterocycles. The minimum absolute atomic E-state index is 0.276. The lowest BCUT2D eigenvalue weighted by Gasteiger charge is -2.23. The van der Waals surface area contributed by atoms with Crippen LogP contribution in [0, 0.1) is 5.92 Å². The summed E-state index contributed by atoms with van der Waals surface area (Å²) in [4.78, 5) is 0. The second-order valence-electron chi connectivity index (χ2n) is 5.21. The lowest BCUT2D eigenvalue weighted by molar-refractivity contribution is 0.391. The van der Waals surface area contributed by atoms with E-state index in [1.165, 1.54) is 4.31 Å². The predicted octanol–water partition coefficient (Wildman–Crippen LogP) is 1.33. The molecule has 1 aromatic rings. The van der Waals surface area contributed by atoms with Crippen LogP contribution < -0.4 is 10.5 Å². The van der Waals surface area contributed by atoms with Crippen LogP contribution in [-0.2, 0) is 16.8 Å². The molecule has 0 radical (unpaired) electrons. The molecule has 3 N–H and O–H groups in total. The Morgan fingerprint density at radius 1 is 1.25 bits per heavy atom. The summed E-state index contributed by atoms with van der Waals surface area (Å²) >= 11 is 0. The first-order valence-electron chi connectivity index (χ1n) is 6.94. The third-order valence-corrected chi connectivity index (χ3v) is 4.35. The molecule has 0 aliphatic heterocycles. The maximum atomic E-state index is 12.3. The zero-order valence-corrected chi connectivity index (χ0v) is 13.1. The molecule has 114 valence electrons. The molecule has 0 saturated heterocycles. The number of rotatable bonds is 9. The van der Waals surface area contributed by atoms with Crippen molar-refractivity contribution in [1.29, 1.82) is 0 Å². The average Bonchev–Trinajstić information content (AvgIpc) is 2.42. The van der Waals surface area contributed by atoms with E-state index in [0.717, 1.165) is 5.56 Å². The van der Waals surface area contributed by atoms with E-state index in [2.05, 4.69) is 4.72 Å². The normalized spacial score (nSPS) is 12.2. The van der Waals surface area contributed by atoms with Crippen molar-refractivity contribution < 1.29 is 8.42 Å². The fourth-order valence-corrected chi connectivity index (χ4v) is 3.12. The van der Waals surface area contributed by atoms with E-state index in [-0.39, 0.29) is 5.92 Å². The van der Waals surface area contributed by atoms with Crippen LogP contribution in [0.4, 0.5) is 0 Å². The van der Waals surface area contributed by atoms with Gasteiger partial charge in [0.15, 0.2) is 0 Å². The zero-order valence-electron chi connectivity index (χ0n) is 12.2. The summed E-state index contributed by atoms with van der Waals surface area (Å²) in [5.41, 5.74) is 6.47. The van der Waals surface area contributed by atoms with Gasteiger partial charge < -0.3 is 5.73 Å². The highest BCUT2D eigenvalue weighted by Crippen LogP contribution is 2.09. The van der Waals surface area contributed by atoms with Crippen molar-refractivity contribution in [1.82, 2.24) is 9.03 Å². The summed E-state index contributed by atoms with van der Waals surface area (Å²) in [6.07, 6.45) is 0.648. The molecule has 0 unspecified atom stereocenters. The highest BCUT2D eigenvalue weighted by atomic mass is 32.2. The van der Waals surface area contributed by atoms with Gasteiger partial charge in [0.05, 0.1) is 0 Å². The Bertz CT molecular complexity index is 474. The van der Waals surface area contributed by atoms with E-state index in [0.29, 0.717) is 32.6 Å². The number of nitrogens with two attached hydrogens (primary N) is 1. The van der Waals surface area contributed by atoms with E-state index in [1.54, 1.807) is 0 Å². The molecule has 0 aliphatic rings. The Balaban J connectivity index is 2.77. The van der Waals surface area contributed by atoms with Gasteiger partial charge in [0, 0.05) is 19.6 Å². The van der Waals surface area contributed by atoms with Crippen LogP contribution in [0.5, 0.6) is 0 Å². The molecule has 1 aromatic carbocycles. The topological polar surface area (TPSA) is 75.4 Å². The number of nitrogens with zero attached hydrogens (tertiary/aromatic N) is 1. The minimum Gasteiger partial charge on any atom is -0.330 e. The molecule has 0 heterocycles. The van der Waals surface area contributed by atoms with Gasteiger partial charge in [0.25, 0.3) is 10.2 Å². The lowest BCUT2D eigenvalue weighted by atomic mass is 10.2. The minimum atomic E-state index is -3.46. The third-order valence-electron chi connectivity index (χ3n) is 2.83. The Labute approximate surface area is 122 Å². The van der Waals surface area contributed by atoms with Crippen LogP contribution in [-0.4, -0.2) is 32.4 Å². The fourth-order valence-electron chi connectivity index (χ4n) is 1.70.